The Bertz CT molecular complexity index is 570. The highest BCUT2D eigenvalue weighted by Crippen LogP contribution is 2.19. The summed E-state index contributed by atoms with van der Waals surface area (Å²) >= 11 is 0. The molecule has 0 unspecified atom stereocenters. The Morgan fingerprint density at radius 3 is 2.61 bits per heavy atom. The molecule has 0 spiro atoms. The number of furan rings is 1. The molecule has 1 aromatic heterocycles. The molecule has 1 N–H and O–H groups in total. The fourth-order valence-electron chi connectivity index (χ4n) is 2.00. The Kier molecular flexibility index (Phi) is 3.51. The molecule has 0 radical (unpaired) electrons. The van der Waals surface area contributed by atoms with Gasteiger partial charge in [-0.1, -0.05) is 25.1 Å². The molecular weight excluding hydrogens is 226 g/mol. The number of nitrogens with one attached hydrogen (secondary N) is 1. The SMILES string of the molecule is CCc1ccccc1NC(=O)c1cc(C)oc1C. The lowest BCUT2D eigenvalue weighted by Crippen LogP contribution is -2.13. The van der Waals surface area contributed by atoms with Crippen molar-refractivity contribution in [2.75, 3.05) is 5.32 Å². The van der Waals surface area contributed by atoms with Crippen molar-refractivity contribution < 1.29 is 9.21 Å². The Labute approximate surface area is 107 Å². The monoisotopic (exact) mass is 243 g/mol. The molecule has 1 heterocycles. The van der Waals surface area contributed by atoms with E-state index in [4.69, 9.17) is 4.42 Å². The zero-order valence-electron chi connectivity index (χ0n) is 10.9. The minimum absolute atomic E-state index is 0.120. The number of para-hydroxylation sites is 1. The summed E-state index contributed by atoms with van der Waals surface area (Å²) in [5, 5.41) is 2.93. The Morgan fingerprint density at radius 1 is 1.28 bits per heavy atom. The first-order valence-corrected chi connectivity index (χ1v) is 6.08. The van der Waals surface area contributed by atoms with Gasteiger partial charge in [0.25, 0.3) is 5.91 Å². The van der Waals surface area contributed by atoms with Gasteiger partial charge in [0.05, 0.1) is 5.56 Å². The van der Waals surface area contributed by atoms with Crippen LogP contribution in [0.25, 0.3) is 0 Å². The number of hydrogen-bond acceptors (Lipinski definition) is 2. The van der Waals surface area contributed by atoms with Crippen molar-refractivity contribution in [1.29, 1.82) is 0 Å². The first kappa shape index (κ1) is 12.4. The maximum Gasteiger partial charge on any atom is 0.259 e. The normalized spacial score (nSPS) is 10.4. The number of aryl methyl sites for hydroxylation is 3. The fraction of sp³-hybridized carbons (Fsp3) is 0.267. The summed E-state index contributed by atoms with van der Waals surface area (Å²) < 4.78 is 5.37. The number of amides is 1. The van der Waals surface area contributed by atoms with Gasteiger partial charge in [0.2, 0.25) is 0 Å². The van der Waals surface area contributed by atoms with Crippen molar-refractivity contribution in [1.82, 2.24) is 0 Å². The van der Waals surface area contributed by atoms with Crippen LogP contribution in [0.4, 0.5) is 5.69 Å². The summed E-state index contributed by atoms with van der Waals surface area (Å²) in [6.07, 6.45) is 0.889. The first-order valence-electron chi connectivity index (χ1n) is 6.08. The van der Waals surface area contributed by atoms with Crippen molar-refractivity contribution in [3.8, 4) is 0 Å². The van der Waals surface area contributed by atoms with Crippen LogP contribution in [0.5, 0.6) is 0 Å². The molecule has 3 heteroatoms. The molecular formula is C15H17NO2. The molecule has 94 valence electrons. The van der Waals surface area contributed by atoms with E-state index in [0.717, 1.165) is 23.4 Å². The van der Waals surface area contributed by atoms with Gasteiger partial charge in [-0.3, -0.25) is 4.79 Å². The van der Waals surface area contributed by atoms with E-state index >= 15 is 0 Å². The van der Waals surface area contributed by atoms with Gasteiger partial charge in [-0.25, -0.2) is 0 Å². The van der Waals surface area contributed by atoms with E-state index in [1.165, 1.54) is 0 Å². The molecule has 0 atom stereocenters. The summed E-state index contributed by atoms with van der Waals surface area (Å²) in [6, 6.07) is 9.59. The van der Waals surface area contributed by atoms with Crippen LogP contribution >= 0.6 is 0 Å². The summed E-state index contributed by atoms with van der Waals surface area (Å²) in [6.45, 7) is 5.70. The third-order valence-electron chi connectivity index (χ3n) is 2.93. The first-order chi connectivity index (χ1) is 8.61. The van der Waals surface area contributed by atoms with Crippen LogP contribution in [0.3, 0.4) is 0 Å². The van der Waals surface area contributed by atoms with E-state index in [2.05, 4.69) is 12.2 Å². The lowest BCUT2D eigenvalue weighted by atomic mass is 10.1. The Morgan fingerprint density at radius 2 is 2.00 bits per heavy atom. The van der Waals surface area contributed by atoms with E-state index < -0.39 is 0 Å². The molecule has 0 fully saturated rings. The molecule has 2 aromatic rings. The highest BCUT2D eigenvalue weighted by Gasteiger charge is 2.14. The number of carbonyl (C=O) groups is 1. The molecule has 0 aliphatic heterocycles. The molecule has 0 bridgehead atoms. The lowest BCUT2D eigenvalue weighted by Gasteiger charge is -2.08. The summed E-state index contributed by atoms with van der Waals surface area (Å²) in [4.78, 5) is 12.1. The number of hydrogen-bond donors (Lipinski definition) is 1. The Balaban J connectivity index is 2.24. The summed E-state index contributed by atoms with van der Waals surface area (Å²) in [5.74, 6) is 1.28. The molecule has 2 rings (SSSR count). The average Bonchev–Trinajstić information content (AvgIpc) is 2.69. The summed E-state index contributed by atoms with van der Waals surface area (Å²) in [5.41, 5.74) is 2.59. The van der Waals surface area contributed by atoms with Crippen molar-refractivity contribution >= 4 is 11.6 Å². The van der Waals surface area contributed by atoms with Crippen LogP contribution in [0.1, 0.15) is 34.4 Å². The second-order valence-electron chi connectivity index (χ2n) is 4.29. The van der Waals surface area contributed by atoms with Gasteiger partial charge in [-0.15, -0.1) is 0 Å². The molecule has 0 aliphatic carbocycles. The highest BCUT2D eigenvalue weighted by atomic mass is 16.3. The van der Waals surface area contributed by atoms with E-state index in [1.807, 2.05) is 31.2 Å². The molecule has 0 saturated carbocycles. The van der Waals surface area contributed by atoms with Crippen molar-refractivity contribution in [3.05, 3.63) is 53.0 Å². The molecule has 3 nitrogen and oxygen atoms in total. The van der Waals surface area contributed by atoms with Gasteiger partial charge in [0.15, 0.2) is 0 Å². The number of rotatable bonds is 3. The molecule has 18 heavy (non-hydrogen) atoms. The van der Waals surface area contributed by atoms with Gasteiger partial charge in [-0.2, -0.15) is 0 Å². The van der Waals surface area contributed by atoms with Gasteiger partial charge >= 0.3 is 0 Å². The maximum absolute atomic E-state index is 12.1. The van der Waals surface area contributed by atoms with Gasteiger partial charge in [0.1, 0.15) is 11.5 Å². The largest absolute Gasteiger partial charge is 0.466 e. The van der Waals surface area contributed by atoms with Crippen LogP contribution in [-0.2, 0) is 6.42 Å². The number of benzene rings is 1. The second-order valence-corrected chi connectivity index (χ2v) is 4.29. The molecule has 0 aliphatic rings. The van der Waals surface area contributed by atoms with E-state index in [1.54, 1.807) is 13.0 Å². The van der Waals surface area contributed by atoms with Gasteiger partial charge < -0.3 is 9.73 Å². The van der Waals surface area contributed by atoms with E-state index in [-0.39, 0.29) is 5.91 Å². The van der Waals surface area contributed by atoms with Crippen LogP contribution < -0.4 is 5.32 Å². The molecule has 1 aromatic carbocycles. The van der Waals surface area contributed by atoms with Gasteiger partial charge in [0, 0.05) is 5.69 Å². The number of anilines is 1. The predicted octanol–water partition coefficient (Wildman–Crippen LogP) is 3.71. The molecule has 0 saturated heterocycles. The average molecular weight is 243 g/mol. The predicted molar refractivity (Wildman–Crippen MR) is 72.0 cm³/mol. The second kappa shape index (κ2) is 5.08. The van der Waals surface area contributed by atoms with Crippen molar-refractivity contribution in [2.45, 2.75) is 27.2 Å². The smallest absolute Gasteiger partial charge is 0.259 e. The topological polar surface area (TPSA) is 42.2 Å². The lowest BCUT2D eigenvalue weighted by molar-refractivity contribution is 0.102. The molecule has 1 amide bonds. The van der Waals surface area contributed by atoms with E-state index in [9.17, 15) is 4.79 Å². The maximum atomic E-state index is 12.1. The minimum Gasteiger partial charge on any atom is -0.466 e. The Hall–Kier alpha value is -2.03. The fourth-order valence-corrected chi connectivity index (χ4v) is 2.00. The quantitative estimate of drug-likeness (QED) is 0.892. The van der Waals surface area contributed by atoms with E-state index in [0.29, 0.717) is 11.3 Å². The number of carbonyl (C=O) groups excluding carboxylic acids is 1. The van der Waals surface area contributed by atoms with Crippen molar-refractivity contribution in [2.24, 2.45) is 0 Å². The zero-order valence-corrected chi connectivity index (χ0v) is 10.9. The third-order valence-corrected chi connectivity index (χ3v) is 2.93. The zero-order chi connectivity index (χ0) is 13.1. The third kappa shape index (κ3) is 2.45. The standard InChI is InChI=1S/C15H17NO2/c1-4-12-7-5-6-8-14(12)16-15(17)13-9-10(2)18-11(13)3/h5-9H,4H2,1-3H3,(H,16,17). The van der Waals surface area contributed by atoms with Gasteiger partial charge in [-0.05, 0) is 38.0 Å². The van der Waals surface area contributed by atoms with Crippen LogP contribution in [0, 0.1) is 13.8 Å². The summed E-state index contributed by atoms with van der Waals surface area (Å²) in [7, 11) is 0. The van der Waals surface area contributed by atoms with Crippen LogP contribution in [-0.4, -0.2) is 5.91 Å². The van der Waals surface area contributed by atoms with Crippen LogP contribution in [0.15, 0.2) is 34.7 Å². The highest BCUT2D eigenvalue weighted by molar-refractivity contribution is 6.05. The minimum atomic E-state index is -0.120. The van der Waals surface area contributed by atoms with Crippen LogP contribution in [0.2, 0.25) is 0 Å². The van der Waals surface area contributed by atoms with Crippen molar-refractivity contribution in [3.63, 3.8) is 0 Å².